The fraction of sp³-hybridized carbons (Fsp3) is 1.00. The molecular formula is C12H25N. The van der Waals surface area contributed by atoms with Crippen molar-refractivity contribution >= 4 is 0 Å². The number of hydrogen-bond acceptors (Lipinski definition) is 1. The lowest BCUT2D eigenvalue weighted by molar-refractivity contribution is 0.254. The van der Waals surface area contributed by atoms with Crippen LogP contribution in [-0.2, 0) is 0 Å². The molecule has 0 aromatic rings. The van der Waals surface area contributed by atoms with Crippen molar-refractivity contribution in [3.8, 4) is 0 Å². The van der Waals surface area contributed by atoms with Gasteiger partial charge in [-0.2, -0.15) is 0 Å². The largest absolute Gasteiger partial charge is 0.328 e. The van der Waals surface area contributed by atoms with E-state index in [4.69, 9.17) is 5.73 Å². The summed E-state index contributed by atoms with van der Waals surface area (Å²) in [7, 11) is 0. The minimum absolute atomic E-state index is 0.469. The molecule has 3 unspecified atom stereocenters. The Morgan fingerprint density at radius 2 is 1.69 bits per heavy atom. The maximum absolute atomic E-state index is 6.06. The lowest BCUT2D eigenvalue weighted by atomic mass is 9.79. The molecule has 0 amide bonds. The molecule has 13 heavy (non-hydrogen) atoms. The van der Waals surface area contributed by atoms with E-state index in [9.17, 15) is 0 Å². The predicted molar refractivity (Wildman–Crippen MR) is 58.6 cm³/mol. The summed E-state index contributed by atoms with van der Waals surface area (Å²) in [5.74, 6) is 2.61. The molecule has 1 heteroatoms. The second-order valence-electron chi connectivity index (χ2n) is 5.26. The molecule has 2 N–H and O–H groups in total. The van der Waals surface area contributed by atoms with Crippen LogP contribution < -0.4 is 5.73 Å². The first-order valence-corrected chi connectivity index (χ1v) is 5.85. The average molecular weight is 183 g/mol. The van der Waals surface area contributed by atoms with Crippen molar-refractivity contribution in [3.63, 3.8) is 0 Å². The Balaban J connectivity index is 2.43. The minimum atomic E-state index is 0.469. The van der Waals surface area contributed by atoms with Crippen molar-refractivity contribution in [3.05, 3.63) is 0 Å². The van der Waals surface area contributed by atoms with Gasteiger partial charge in [0, 0.05) is 6.04 Å². The van der Waals surface area contributed by atoms with Crippen molar-refractivity contribution in [1.82, 2.24) is 0 Å². The van der Waals surface area contributed by atoms with Gasteiger partial charge in [0.2, 0.25) is 0 Å². The summed E-state index contributed by atoms with van der Waals surface area (Å²) >= 11 is 0. The molecule has 0 spiro atoms. The van der Waals surface area contributed by atoms with Crippen LogP contribution in [0.15, 0.2) is 0 Å². The van der Waals surface area contributed by atoms with E-state index >= 15 is 0 Å². The monoisotopic (exact) mass is 183 g/mol. The zero-order chi connectivity index (χ0) is 9.84. The Morgan fingerprint density at radius 1 is 1.08 bits per heavy atom. The highest BCUT2D eigenvalue weighted by atomic mass is 14.6. The van der Waals surface area contributed by atoms with Crippen molar-refractivity contribution < 1.29 is 0 Å². The van der Waals surface area contributed by atoms with E-state index in [-0.39, 0.29) is 0 Å². The van der Waals surface area contributed by atoms with Crippen LogP contribution in [-0.4, -0.2) is 6.04 Å². The lowest BCUT2D eigenvalue weighted by Gasteiger charge is -2.28. The van der Waals surface area contributed by atoms with E-state index in [2.05, 4.69) is 20.8 Å². The second kappa shape index (κ2) is 4.99. The molecule has 1 nitrogen and oxygen atoms in total. The van der Waals surface area contributed by atoms with Crippen molar-refractivity contribution in [1.29, 1.82) is 0 Å². The summed E-state index contributed by atoms with van der Waals surface area (Å²) in [6.45, 7) is 7.05. The van der Waals surface area contributed by atoms with E-state index in [1.54, 1.807) is 0 Å². The molecule has 1 aliphatic carbocycles. The van der Waals surface area contributed by atoms with Crippen LogP contribution in [0.5, 0.6) is 0 Å². The first kappa shape index (κ1) is 11.0. The molecule has 0 aliphatic heterocycles. The molecule has 78 valence electrons. The van der Waals surface area contributed by atoms with Crippen molar-refractivity contribution in [2.24, 2.45) is 23.5 Å². The van der Waals surface area contributed by atoms with Crippen LogP contribution in [0.4, 0.5) is 0 Å². The summed E-state index contributed by atoms with van der Waals surface area (Å²) in [6.07, 6.45) is 6.64. The predicted octanol–water partition coefficient (Wildman–Crippen LogP) is 3.19. The highest BCUT2D eigenvalue weighted by Crippen LogP contribution is 2.29. The molecule has 0 bridgehead atoms. The third kappa shape index (κ3) is 3.68. The van der Waals surface area contributed by atoms with Crippen LogP contribution in [0.1, 0.15) is 52.9 Å². The van der Waals surface area contributed by atoms with Gasteiger partial charge in [0.15, 0.2) is 0 Å². The molecule has 0 aromatic heterocycles. The Labute approximate surface area is 83.1 Å². The van der Waals surface area contributed by atoms with E-state index in [1.165, 1.54) is 32.1 Å². The van der Waals surface area contributed by atoms with Crippen LogP contribution in [0.2, 0.25) is 0 Å². The number of hydrogen-bond donors (Lipinski definition) is 1. The van der Waals surface area contributed by atoms with Gasteiger partial charge in [-0.25, -0.2) is 0 Å². The van der Waals surface area contributed by atoms with Gasteiger partial charge in [-0.3, -0.25) is 0 Å². The van der Waals surface area contributed by atoms with Gasteiger partial charge in [0.05, 0.1) is 0 Å². The fourth-order valence-electron chi connectivity index (χ4n) is 2.49. The Morgan fingerprint density at radius 3 is 2.31 bits per heavy atom. The van der Waals surface area contributed by atoms with E-state index in [0.29, 0.717) is 6.04 Å². The fourth-order valence-corrected chi connectivity index (χ4v) is 2.49. The summed E-state index contributed by atoms with van der Waals surface area (Å²) < 4.78 is 0. The van der Waals surface area contributed by atoms with Gasteiger partial charge in [-0.05, 0) is 43.4 Å². The summed E-state index contributed by atoms with van der Waals surface area (Å²) in [6, 6.07) is 0.469. The maximum Gasteiger partial charge on any atom is 0.00414 e. The molecule has 0 radical (unpaired) electrons. The molecule has 3 atom stereocenters. The van der Waals surface area contributed by atoms with Gasteiger partial charge >= 0.3 is 0 Å². The third-order valence-corrected chi connectivity index (χ3v) is 3.59. The normalized spacial score (nSPS) is 37.2. The quantitative estimate of drug-likeness (QED) is 0.664. The molecule has 0 saturated heterocycles. The Bertz CT molecular complexity index is 130. The first-order chi connectivity index (χ1) is 6.09. The molecular weight excluding hydrogens is 158 g/mol. The van der Waals surface area contributed by atoms with Crippen LogP contribution >= 0.6 is 0 Å². The summed E-state index contributed by atoms with van der Waals surface area (Å²) in [5.41, 5.74) is 6.06. The summed E-state index contributed by atoms with van der Waals surface area (Å²) in [5, 5.41) is 0. The lowest BCUT2D eigenvalue weighted by Crippen LogP contribution is -2.27. The van der Waals surface area contributed by atoms with Crippen molar-refractivity contribution in [2.75, 3.05) is 0 Å². The average Bonchev–Trinajstić information content (AvgIpc) is 2.00. The van der Waals surface area contributed by atoms with Gasteiger partial charge in [0.1, 0.15) is 0 Å². The van der Waals surface area contributed by atoms with Crippen LogP contribution in [0.25, 0.3) is 0 Å². The smallest absolute Gasteiger partial charge is 0.00414 e. The standard InChI is InChI=1S/C12H25N/c1-9(2)11-5-4-10(3)8-12(13)7-6-11/h9-12H,4-8,13H2,1-3H3. The zero-order valence-electron chi connectivity index (χ0n) is 9.42. The van der Waals surface area contributed by atoms with E-state index in [0.717, 1.165) is 17.8 Å². The summed E-state index contributed by atoms with van der Waals surface area (Å²) in [4.78, 5) is 0. The van der Waals surface area contributed by atoms with Gasteiger partial charge in [-0.1, -0.05) is 27.2 Å². The first-order valence-electron chi connectivity index (χ1n) is 5.85. The highest BCUT2D eigenvalue weighted by Gasteiger charge is 2.20. The van der Waals surface area contributed by atoms with E-state index in [1.807, 2.05) is 0 Å². The van der Waals surface area contributed by atoms with Gasteiger partial charge in [0.25, 0.3) is 0 Å². The molecule has 1 aliphatic rings. The Hall–Kier alpha value is -0.0400. The molecule has 0 aromatic carbocycles. The van der Waals surface area contributed by atoms with Crippen LogP contribution in [0.3, 0.4) is 0 Å². The van der Waals surface area contributed by atoms with Gasteiger partial charge < -0.3 is 5.73 Å². The topological polar surface area (TPSA) is 26.0 Å². The van der Waals surface area contributed by atoms with Crippen LogP contribution in [0, 0.1) is 17.8 Å². The maximum atomic E-state index is 6.06. The third-order valence-electron chi connectivity index (χ3n) is 3.59. The zero-order valence-corrected chi connectivity index (χ0v) is 9.42. The minimum Gasteiger partial charge on any atom is -0.328 e. The van der Waals surface area contributed by atoms with E-state index < -0.39 is 0 Å². The molecule has 0 heterocycles. The number of nitrogens with two attached hydrogens (primary N) is 1. The van der Waals surface area contributed by atoms with Crippen molar-refractivity contribution in [2.45, 2.75) is 58.9 Å². The molecule has 1 rings (SSSR count). The second-order valence-corrected chi connectivity index (χ2v) is 5.26. The number of rotatable bonds is 1. The molecule has 1 saturated carbocycles. The SMILES string of the molecule is CC1CCC(C(C)C)CCC(N)C1. The molecule has 1 fully saturated rings. The highest BCUT2D eigenvalue weighted by molar-refractivity contribution is 4.75. The Kier molecular flexibility index (Phi) is 4.24. The van der Waals surface area contributed by atoms with Gasteiger partial charge in [-0.15, -0.1) is 0 Å².